The van der Waals surface area contributed by atoms with Crippen molar-refractivity contribution in [1.82, 2.24) is 14.0 Å². The molecule has 3 N–H and O–H groups in total. The van der Waals surface area contributed by atoms with E-state index in [9.17, 15) is 9.59 Å². The number of aryl methyl sites for hydroxylation is 1. The van der Waals surface area contributed by atoms with Gasteiger partial charge < -0.3 is 24.5 Å². The van der Waals surface area contributed by atoms with E-state index in [-0.39, 0.29) is 12.0 Å². The molecule has 3 heterocycles. The lowest BCUT2D eigenvalue weighted by atomic mass is 10.0. The van der Waals surface area contributed by atoms with Gasteiger partial charge in [-0.2, -0.15) is 0 Å². The Hall–Kier alpha value is -3.13. The molecule has 0 aliphatic rings. The zero-order valence-corrected chi connectivity index (χ0v) is 14.8. The Morgan fingerprint density at radius 1 is 1.42 bits per heavy atom. The minimum absolute atomic E-state index is 0.144. The van der Waals surface area contributed by atoms with E-state index in [1.807, 2.05) is 6.92 Å². The summed E-state index contributed by atoms with van der Waals surface area (Å²) in [5.74, 6) is -0.609. The van der Waals surface area contributed by atoms with Crippen LogP contribution < -0.4 is 16.0 Å². The molecule has 136 valence electrons. The third kappa shape index (κ3) is 2.84. The predicted octanol–water partition coefficient (Wildman–Crippen LogP) is 0.971. The van der Waals surface area contributed by atoms with Gasteiger partial charge in [-0.05, 0) is 19.1 Å². The predicted molar refractivity (Wildman–Crippen MR) is 96.5 cm³/mol. The van der Waals surface area contributed by atoms with Gasteiger partial charge in [-0.15, -0.1) is 0 Å². The number of ether oxygens (including phenoxy) is 1. The van der Waals surface area contributed by atoms with Gasteiger partial charge >= 0.3 is 5.97 Å². The van der Waals surface area contributed by atoms with Crippen LogP contribution in [0.15, 0.2) is 35.4 Å². The Balaban J connectivity index is 2.23. The molecule has 0 aromatic carbocycles. The maximum atomic E-state index is 12.8. The third-order valence-corrected chi connectivity index (χ3v) is 4.50. The first-order valence-electron chi connectivity index (χ1n) is 8.03. The molecule has 0 saturated carbocycles. The second-order valence-electron chi connectivity index (χ2n) is 6.10. The smallest absolute Gasteiger partial charge is 0.320 e. The van der Waals surface area contributed by atoms with Crippen LogP contribution in [0.2, 0.25) is 0 Å². The summed E-state index contributed by atoms with van der Waals surface area (Å²) in [4.78, 5) is 28.2. The Bertz CT molecular complexity index is 1050. The Labute approximate surface area is 149 Å². The van der Waals surface area contributed by atoms with Gasteiger partial charge in [-0.1, -0.05) is 0 Å². The van der Waals surface area contributed by atoms with Crippen molar-refractivity contribution in [1.29, 1.82) is 0 Å². The number of rotatable bonds is 5. The Morgan fingerprint density at radius 2 is 2.15 bits per heavy atom. The number of fused-ring (bicyclic) bond motifs is 1. The number of aliphatic carboxylic acids is 1. The maximum Gasteiger partial charge on any atom is 0.320 e. The third-order valence-electron chi connectivity index (χ3n) is 4.50. The van der Waals surface area contributed by atoms with Gasteiger partial charge in [0.25, 0.3) is 5.56 Å². The molecule has 0 amide bonds. The molecular weight excluding hydrogens is 336 g/mol. The van der Waals surface area contributed by atoms with Crippen molar-refractivity contribution in [3.8, 4) is 16.9 Å². The number of hydrogen-bond donors (Lipinski definition) is 2. The lowest BCUT2D eigenvalue weighted by molar-refractivity contribution is -0.138. The zero-order valence-electron chi connectivity index (χ0n) is 14.8. The number of carboxylic acids is 1. The van der Waals surface area contributed by atoms with Crippen LogP contribution in [-0.2, 0) is 18.3 Å². The van der Waals surface area contributed by atoms with E-state index in [0.717, 1.165) is 5.69 Å². The van der Waals surface area contributed by atoms with Gasteiger partial charge in [-0.25, -0.2) is 4.98 Å². The van der Waals surface area contributed by atoms with E-state index in [1.165, 1.54) is 7.11 Å². The van der Waals surface area contributed by atoms with Gasteiger partial charge in [0.1, 0.15) is 17.4 Å². The summed E-state index contributed by atoms with van der Waals surface area (Å²) in [5.41, 5.74) is 8.50. The highest BCUT2D eigenvalue weighted by Crippen LogP contribution is 2.30. The average Bonchev–Trinajstić information content (AvgIpc) is 3.10. The van der Waals surface area contributed by atoms with E-state index in [2.05, 4.69) is 4.98 Å². The molecular formula is C18H20N4O4. The van der Waals surface area contributed by atoms with Gasteiger partial charge in [0.05, 0.1) is 12.7 Å². The average molecular weight is 356 g/mol. The first-order chi connectivity index (χ1) is 12.3. The van der Waals surface area contributed by atoms with E-state index < -0.39 is 12.0 Å². The van der Waals surface area contributed by atoms with Crippen molar-refractivity contribution in [3.05, 3.63) is 52.3 Å². The molecule has 0 saturated heterocycles. The standard InChI is InChI=1S/C18H20N4O4/c1-10-8-14(26-3)15(17(23)21(10)2)12-5-4-11(9-13(19)18(24)25)22-7-6-20-16(12)22/h4-8,13H,9,19H2,1-3H3,(H,24,25). The number of carboxylic acid groups (broad SMARTS) is 1. The summed E-state index contributed by atoms with van der Waals surface area (Å²) in [6.07, 6.45) is 3.46. The molecule has 3 rings (SSSR count). The first-order valence-corrected chi connectivity index (χ1v) is 8.03. The molecule has 0 aliphatic heterocycles. The number of imidazole rings is 1. The summed E-state index contributed by atoms with van der Waals surface area (Å²) < 4.78 is 8.71. The van der Waals surface area contributed by atoms with Crippen molar-refractivity contribution in [3.63, 3.8) is 0 Å². The second-order valence-corrected chi connectivity index (χ2v) is 6.10. The molecule has 0 radical (unpaired) electrons. The summed E-state index contributed by atoms with van der Waals surface area (Å²) in [6.45, 7) is 1.83. The van der Waals surface area contributed by atoms with E-state index >= 15 is 0 Å². The first kappa shape index (κ1) is 17.7. The van der Waals surface area contributed by atoms with Crippen molar-refractivity contribution in [2.24, 2.45) is 12.8 Å². The lowest BCUT2D eigenvalue weighted by Crippen LogP contribution is -2.32. The Morgan fingerprint density at radius 3 is 2.81 bits per heavy atom. The molecule has 1 unspecified atom stereocenters. The molecule has 0 aliphatic carbocycles. The van der Waals surface area contributed by atoms with Crippen LogP contribution in [0.5, 0.6) is 5.75 Å². The molecule has 0 bridgehead atoms. The molecule has 3 aromatic rings. The molecule has 0 fully saturated rings. The fourth-order valence-corrected chi connectivity index (χ4v) is 2.94. The molecule has 1 atom stereocenters. The van der Waals surface area contributed by atoms with E-state index in [1.54, 1.807) is 46.6 Å². The molecule has 0 spiro atoms. The van der Waals surface area contributed by atoms with Gasteiger partial charge in [0.15, 0.2) is 0 Å². The largest absolute Gasteiger partial charge is 0.496 e. The van der Waals surface area contributed by atoms with Crippen molar-refractivity contribution in [2.45, 2.75) is 19.4 Å². The number of methoxy groups -OCH3 is 1. The molecule has 26 heavy (non-hydrogen) atoms. The normalized spacial score (nSPS) is 12.3. The van der Waals surface area contributed by atoms with Crippen molar-refractivity contribution >= 4 is 11.6 Å². The number of carbonyl (C=O) groups is 1. The van der Waals surface area contributed by atoms with Crippen LogP contribution in [0, 0.1) is 6.92 Å². The second kappa shape index (κ2) is 6.64. The van der Waals surface area contributed by atoms with E-state index in [0.29, 0.717) is 28.2 Å². The number of pyridine rings is 2. The van der Waals surface area contributed by atoms with Crippen molar-refractivity contribution in [2.75, 3.05) is 7.11 Å². The van der Waals surface area contributed by atoms with Crippen molar-refractivity contribution < 1.29 is 14.6 Å². The van der Waals surface area contributed by atoms with Gasteiger partial charge in [-0.3, -0.25) is 9.59 Å². The fraction of sp³-hybridized carbons (Fsp3) is 0.278. The van der Waals surface area contributed by atoms with Crippen LogP contribution in [-0.4, -0.2) is 38.2 Å². The zero-order chi connectivity index (χ0) is 19.0. The van der Waals surface area contributed by atoms with Crippen LogP contribution in [0.25, 0.3) is 16.8 Å². The molecule has 8 nitrogen and oxygen atoms in total. The fourth-order valence-electron chi connectivity index (χ4n) is 2.94. The number of nitrogens with two attached hydrogens (primary N) is 1. The minimum Gasteiger partial charge on any atom is -0.496 e. The van der Waals surface area contributed by atoms with Gasteiger partial charge in [0, 0.05) is 48.9 Å². The van der Waals surface area contributed by atoms with Crippen LogP contribution in [0.1, 0.15) is 11.4 Å². The topological polar surface area (TPSA) is 112 Å². The van der Waals surface area contributed by atoms with Crippen LogP contribution >= 0.6 is 0 Å². The highest BCUT2D eigenvalue weighted by atomic mass is 16.5. The summed E-state index contributed by atoms with van der Waals surface area (Å²) in [5, 5.41) is 9.05. The highest BCUT2D eigenvalue weighted by molar-refractivity contribution is 5.81. The number of hydrogen-bond acceptors (Lipinski definition) is 5. The number of nitrogens with zero attached hydrogens (tertiary/aromatic N) is 3. The van der Waals surface area contributed by atoms with Crippen LogP contribution in [0.4, 0.5) is 0 Å². The molecule has 3 aromatic heterocycles. The lowest BCUT2D eigenvalue weighted by Gasteiger charge is -2.15. The minimum atomic E-state index is -1.07. The Kier molecular flexibility index (Phi) is 4.52. The van der Waals surface area contributed by atoms with Crippen LogP contribution in [0.3, 0.4) is 0 Å². The SMILES string of the molecule is COc1cc(C)n(C)c(=O)c1-c1ccc(CC(N)C(=O)O)n2ccnc12. The van der Waals surface area contributed by atoms with E-state index in [4.69, 9.17) is 15.6 Å². The molecule has 8 heteroatoms. The summed E-state index contributed by atoms with van der Waals surface area (Å²) in [7, 11) is 3.21. The highest BCUT2D eigenvalue weighted by Gasteiger charge is 2.20. The quantitative estimate of drug-likeness (QED) is 0.704. The maximum absolute atomic E-state index is 12.8. The monoisotopic (exact) mass is 356 g/mol. The van der Waals surface area contributed by atoms with Gasteiger partial charge in [0.2, 0.25) is 0 Å². The number of aromatic nitrogens is 3. The summed E-state index contributed by atoms with van der Waals surface area (Å²) >= 11 is 0. The summed E-state index contributed by atoms with van der Waals surface area (Å²) in [6, 6.07) is 4.28.